The first-order chi connectivity index (χ1) is 11.8. The van der Waals surface area contributed by atoms with Crippen LogP contribution in [0.25, 0.3) is 0 Å². The van der Waals surface area contributed by atoms with Crippen LogP contribution < -0.4 is 10.6 Å². The maximum Gasteiger partial charge on any atom is 0.410 e. The fourth-order valence-electron chi connectivity index (χ4n) is 2.91. The Hall–Kier alpha value is -2.67. The van der Waals surface area contributed by atoms with Crippen LogP contribution in [0, 0.1) is 0 Å². The Bertz CT molecular complexity index is 747. The second kappa shape index (κ2) is 6.45. The molecule has 2 N–H and O–H groups in total. The summed E-state index contributed by atoms with van der Waals surface area (Å²) in [6.07, 6.45) is 2.63. The van der Waals surface area contributed by atoms with Gasteiger partial charge in [0.15, 0.2) is 0 Å². The summed E-state index contributed by atoms with van der Waals surface area (Å²) >= 11 is 0. The molecule has 7 heteroatoms. The number of fused-ring (bicyclic) bond motifs is 1. The number of aromatic nitrogens is 2. The predicted molar refractivity (Wildman–Crippen MR) is 88.9 cm³/mol. The summed E-state index contributed by atoms with van der Waals surface area (Å²) in [5.74, 6) is 0.605. The Kier molecular flexibility index (Phi) is 4.00. The lowest BCUT2D eigenvalue weighted by molar-refractivity contribution is 0.157. The third kappa shape index (κ3) is 3.16. The van der Waals surface area contributed by atoms with Gasteiger partial charge in [0.25, 0.3) is 0 Å². The highest BCUT2D eigenvalue weighted by Gasteiger charge is 2.21. The lowest BCUT2D eigenvalue weighted by Gasteiger charge is -2.16. The molecule has 0 bridgehead atoms. The minimum Gasteiger partial charge on any atom is -0.448 e. The van der Waals surface area contributed by atoms with Crippen LogP contribution in [0.4, 0.5) is 16.4 Å². The number of carbonyl (C=O) groups is 1. The summed E-state index contributed by atoms with van der Waals surface area (Å²) < 4.78 is 4.94. The van der Waals surface area contributed by atoms with Crippen LogP contribution in [-0.4, -0.2) is 40.7 Å². The van der Waals surface area contributed by atoms with Crippen molar-refractivity contribution in [1.82, 2.24) is 20.2 Å². The second-order valence-electron chi connectivity index (χ2n) is 5.95. The third-order valence-corrected chi connectivity index (χ3v) is 4.25. The number of ether oxygens (including phenoxy) is 1. The van der Waals surface area contributed by atoms with Crippen molar-refractivity contribution in [1.29, 1.82) is 0 Å². The number of cyclic esters (lactones) is 1. The van der Waals surface area contributed by atoms with Crippen molar-refractivity contribution in [2.75, 3.05) is 25.0 Å². The maximum absolute atomic E-state index is 11.5. The van der Waals surface area contributed by atoms with Crippen LogP contribution >= 0.6 is 0 Å². The molecular formula is C17H19N5O2. The molecule has 24 heavy (non-hydrogen) atoms. The first-order valence-corrected chi connectivity index (χ1v) is 8.11. The van der Waals surface area contributed by atoms with Crippen LogP contribution in [0.3, 0.4) is 0 Å². The Morgan fingerprint density at radius 1 is 1.29 bits per heavy atom. The zero-order valence-corrected chi connectivity index (χ0v) is 13.3. The van der Waals surface area contributed by atoms with E-state index >= 15 is 0 Å². The molecule has 3 heterocycles. The molecule has 0 atom stereocenters. The summed E-state index contributed by atoms with van der Waals surface area (Å²) in [6, 6.07) is 7.93. The number of benzene rings is 1. The zero-order valence-electron chi connectivity index (χ0n) is 13.3. The molecule has 1 fully saturated rings. The molecule has 7 nitrogen and oxygen atoms in total. The van der Waals surface area contributed by atoms with Gasteiger partial charge in [-0.15, -0.1) is 0 Å². The van der Waals surface area contributed by atoms with Gasteiger partial charge in [0.1, 0.15) is 6.61 Å². The van der Waals surface area contributed by atoms with Crippen molar-refractivity contribution in [2.45, 2.75) is 19.5 Å². The van der Waals surface area contributed by atoms with E-state index in [4.69, 9.17) is 4.74 Å². The molecule has 2 aliphatic heterocycles. The third-order valence-electron chi connectivity index (χ3n) is 4.25. The standard InChI is InChI=1S/C17H19N5O2/c23-17-22(7-8-24-17)11-12-1-3-14(4-2-12)20-16-19-9-13-5-6-18-10-15(13)21-16/h1-4,9,18H,5-8,10-11H2,(H,19,20,21). The Morgan fingerprint density at radius 2 is 2.17 bits per heavy atom. The minimum absolute atomic E-state index is 0.242. The van der Waals surface area contributed by atoms with Crippen LogP contribution in [0.2, 0.25) is 0 Å². The predicted octanol–water partition coefficient (Wildman–Crippen LogP) is 1.82. The van der Waals surface area contributed by atoms with Crippen molar-refractivity contribution in [3.63, 3.8) is 0 Å². The summed E-state index contributed by atoms with van der Waals surface area (Å²) in [5, 5.41) is 6.55. The number of amides is 1. The highest BCUT2D eigenvalue weighted by molar-refractivity contribution is 5.69. The zero-order chi connectivity index (χ0) is 16.4. The van der Waals surface area contributed by atoms with Gasteiger partial charge in [0.05, 0.1) is 12.2 Å². The second-order valence-corrected chi connectivity index (χ2v) is 5.95. The largest absolute Gasteiger partial charge is 0.448 e. The molecule has 2 aromatic rings. The van der Waals surface area contributed by atoms with E-state index in [2.05, 4.69) is 20.6 Å². The summed E-state index contributed by atoms with van der Waals surface area (Å²) in [4.78, 5) is 22.1. The van der Waals surface area contributed by atoms with Crippen molar-refractivity contribution >= 4 is 17.7 Å². The van der Waals surface area contributed by atoms with Crippen LogP contribution in [0.1, 0.15) is 16.8 Å². The van der Waals surface area contributed by atoms with Gasteiger partial charge in [0, 0.05) is 25.0 Å². The lowest BCUT2D eigenvalue weighted by atomic mass is 10.1. The first kappa shape index (κ1) is 14.9. The average Bonchev–Trinajstić information content (AvgIpc) is 3.01. The SMILES string of the molecule is O=C1OCCN1Cc1ccc(Nc2ncc3c(n2)CNCC3)cc1. The van der Waals surface area contributed by atoms with Crippen molar-refractivity contribution in [3.8, 4) is 0 Å². The van der Waals surface area contributed by atoms with E-state index in [0.29, 0.717) is 25.6 Å². The quantitative estimate of drug-likeness (QED) is 0.893. The number of anilines is 2. The van der Waals surface area contributed by atoms with E-state index in [9.17, 15) is 4.79 Å². The van der Waals surface area contributed by atoms with Gasteiger partial charge >= 0.3 is 6.09 Å². The molecule has 4 rings (SSSR count). The fraction of sp³-hybridized carbons (Fsp3) is 0.353. The highest BCUT2D eigenvalue weighted by atomic mass is 16.6. The normalized spacial score (nSPS) is 16.7. The van der Waals surface area contributed by atoms with Gasteiger partial charge < -0.3 is 20.3 Å². The molecule has 1 aromatic carbocycles. The molecule has 2 aliphatic rings. The molecule has 124 valence electrons. The first-order valence-electron chi connectivity index (χ1n) is 8.11. The van der Waals surface area contributed by atoms with E-state index in [0.717, 1.165) is 36.5 Å². The number of carbonyl (C=O) groups excluding carboxylic acids is 1. The topological polar surface area (TPSA) is 79.4 Å². The summed E-state index contributed by atoms with van der Waals surface area (Å²) in [7, 11) is 0. The van der Waals surface area contributed by atoms with E-state index in [1.54, 1.807) is 4.90 Å². The molecule has 0 unspecified atom stereocenters. The van der Waals surface area contributed by atoms with Crippen molar-refractivity contribution < 1.29 is 9.53 Å². The van der Waals surface area contributed by atoms with Crippen molar-refractivity contribution in [3.05, 3.63) is 47.3 Å². The minimum atomic E-state index is -0.242. The molecule has 1 amide bonds. The Balaban J connectivity index is 1.42. The van der Waals surface area contributed by atoms with Crippen molar-refractivity contribution in [2.24, 2.45) is 0 Å². The number of rotatable bonds is 4. The van der Waals surface area contributed by atoms with Gasteiger partial charge in [-0.3, -0.25) is 0 Å². The number of hydrogen-bond acceptors (Lipinski definition) is 6. The van der Waals surface area contributed by atoms with E-state index in [1.807, 2.05) is 30.5 Å². The number of nitrogens with one attached hydrogen (secondary N) is 2. The fourth-order valence-corrected chi connectivity index (χ4v) is 2.91. The maximum atomic E-state index is 11.5. The molecule has 1 saturated heterocycles. The van der Waals surface area contributed by atoms with E-state index < -0.39 is 0 Å². The van der Waals surface area contributed by atoms with Gasteiger partial charge in [-0.25, -0.2) is 14.8 Å². The summed E-state index contributed by atoms with van der Waals surface area (Å²) in [5.41, 5.74) is 4.26. The number of hydrogen-bond donors (Lipinski definition) is 2. The van der Waals surface area contributed by atoms with E-state index in [1.165, 1.54) is 5.56 Å². The molecule has 0 radical (unpaired) electrons. The van der Waals surface area contributed by atoms with Crippen LogP contribution in [-0.2, 0) is 24.2 Å². The van der Waals surface area contributed by atoms with Crippen LogP contribution in [0.15, 0.2) is 30.5 Å². The van der Waals surface area contributed by atoms with E-state index in [-0.39, 0.29) is 6.09 Å². The lowest BCUT2D eigenvalue weighted by Crippen LogP contribution is -2.25. The highest BCUT2D eigenvalue weighted by Crippen LogP contribution is 2.18. The molecule has 0 spiro atoms. The van der Waals surface area contributed by atoms with Crippen LogP contribution in [0.5, 0.6) is 0 Å². The molecule has 1 aromatic heterocycles. The monoisotopic (exact) mass is 325 g/mol. The Morgan fingerprint density at radius 3 is 2.96 bits per heavy atom. The molecule has 0 saturated carbocycles. The summed E-state index contributed by atoms with van der Waals surface area (Å²) in [6.45, 7) is 3.46. The molecular weight excluding hydrogens is 306 g/mol. The van der Waals surface area contributed by atoms with Gasteiger partial charge in [-0.1, -0.05) is 12.1 Å². The van der Waals surface area contributed by atoms with Gasteiger partial charge in [-0.05, 0) is 36.2 Å². The number of nitrogens with zero attached hydrogens (tertiary/aromatic N) is 3. The smallest absolute Gasteiger partial charge is 0.410 e. The van der Waals surface area contributed by atoms with Gasteiger partial charge in [-0.2, -0.15) is 0 Å². The average molecular weight is 325 g/mol. The Labute approximate surface area is 140 Å². The van der Waals surface area contributed by atoms with Gasteiger partial charge in [0.2, 0.25) is 5.95 Å². The molecule has 0 aliphatic carbocycles.